The van der Waals surface area contributed by atoms with E-state index in [2.05, 4.69) is 231 Å². The van der Waals surface area contributed by atoms with Crippen molar-refractivity contribution >= 4 is 49.8 Å². The summed E-state index contributed by atoms with van der Waals surface area (Å²) in [5.74, 6) is 0. The minimum Gasteiger partial charge on any atom is -0.456 e. The maximum Gasteiger partial charge on any atom is 0.136 e. The molecule has 0 N–H and O–H groups in total. The van der Waals surface area contributed by atoms with E-state index >= 15 is 0 Å². The lowest BCUT2D eigenvalue weighted by Gasteiger charge is -2.28. The summed E-state index contributed by atoms with van der Waals surface area (Å²) in [5, 5.41) is 4.80. The van der Waals surface area contributed by atoms with Gasteiger partial charge in [0.05, 0.1) is 0 Å². The van der Waals surface area contributed by atoms with Crippen LogP contribution in [-0.4, -0.2) is 0 Å². The van der Waals surface area contributed by atoms with E-state index in [0.717, 1.165) is 50.1 Å². The van der Waals surface area contributed by atoms with Crippen molar-refractivity contribution in [3.8, 4) is 55.6 Å². The molecule has 0 fully saturated rings. The molecule has 298 valence electrons. The fraction of sp³-hybridized carbons (Fsp3) is 0.0492. The smallest absolute Gasteiger partial charge is 0.136 e. The van der Waals surface area contributed by atoms with Crippen LogP contribution in [0.1, 0.15) is 25.0 Å². The molecule has 10 aromatic carbocycles. The molecule has 12 rings (SSSR count). The van der Waals surface area contributed by atoms with Crippen LogP contribution in [0.15, 0.2) is 229 Å². The summed E-state index contributed by atoms with van der Waals surface area (Å²) in [6, 6.07) is 81.7. The third-order valence-electron chi connectivity index (χ3n) is 13.3. The number of anilines is 3. The van der Waals surface area contributed by atoms with Gasteiger partial charge in [0.2, 0.25) is 0 Å². The minimum absolute atomic E-state index is 0.185. The van der Waals surface area contributed by atoms with Gasteiger partial charge in [-0.3, -0.25) is 0 Å². The number of hydrogen-bond acceptors (Lipinski definition) is 2. The van der Waals surface area contributed by atoms with Gasteiger partial charge in [-0.05, 0) is 144 Å². The average Bonchev–Trinajstić information content (AvgIpc) is 3.82. The standard InChI is InChI=1S/C61H43NO/c1-61(2)57-37-45(40-12-4-3-5-13-40)26-33-53(57)54-35-32-50(39-58(54)61)62(49-30-24-42(25-31-49)46-27-34-56-55-19-8-9-21-59(55)63-60(56)38-46)48-28-22-41(23-29-48)44-16-10-17-47(36-44)52-20-11-15-43-14-6-7-18-51(43)52/h3-39H,1-2H3. The summed E-state index contributed by atoms with van der Waals surface area (Å²) in [5.41, 5.74) is 19.8. The lowest BCUT2D eigenvalue weighted by Crippen LogP contribution is -2.16. The van der Waals surface area contributed by atoms with Crippen LogP contribution in [-0.2, 0) is 5.41 Å². The van der Waals surface area contributed by atoms with Crippen LogP contribution in [0, 0.1) is 0 Å². The summed E-state index contributed by atoms with van der Waals surface area (Å²) in [6.07, 6.45) is 0. The Kier molecular flexibility index (Phi) is 8.55. The molecule has 0 aliphatic heterocycles. The molecule has 1 aromatic heterocycles. The maximum absolute atomic E-state index is 6.28. The number of nitrogens with zero attached hydrogens (tertiary/aromatic N) is 1. The highest BCUT2D eigenvalue weighted by Crippen LogP contribution is 2.52. The van der Waals surface area contributed by atoms with Crippen LogP contribution < -0.4 is 4.90 Å². The predicted octanol–water partition coefficient (Wildman–Crippen LogP) is 17.2. The Morgan fingerprint density at radius 1 is 0.317 bits per heavy atom. The molecular formula is C61H43NO. The largest absolute Gasteiger partial charge is 0.456 e. The van der Waals surface area contributed by atoms with E-state index in [4.69, 9.17) is 4.42 Å². The normalized spacial score (nSPS) is 12.7. The summed E-state index contributed by atoms with van der Waals surface area (Å²) < 4.78 is 6.28. The molecule has 0 spiro atoms. The molecule has 0 saturated carbocycles. The first-order valence-electron chi connectivity index (χ1n) is 21.8. The van der Waals surface area contributed by atoms with E-state index in [1.54, 1.807) is 0 Å². The van der Waals surface area contributed by atoms with E-state index in [9.17, 15) is 0 Å². The van der Waals surface area contributed by atoms with Crippen LogP contribution in [0.25, 0.3) is 88.3 Å². The second-order valence-electron chi connectivity index (χ2n) is 17.3. The average molecular weight is 806 g/mol. The van der Waals surface area contributed by atoms with E-state index in [1.807, 2.05) is 12.1 Å². The van der Waals surface area contributed by atoms with Gasteiger partial charge in [-0.15, -0.1) is 0 Å². The van der Waals surface area contributed by atoms with Gasteiger partial charge < -0.3 is 9.32 Å². The number of hydrogen-bond donors (Lipinski definition) is 0. The molecule has 0 unspecified atom stereocenters. The molecule has 1 aliphatic rings. The van der Waals surface area contributed by atoms with Crippen molar-refractivity contribution in [2.24, 2.45) is 0 Å². The summed E-state index contributed by atoms with van der Waals surface area (Å²) in [4.78, 5) is 2.40. The van der Waals surface area contributed by atoms with Crippen LogP contribution in [0.5, 0.6) is 0 Å². The van der Waals surface area contributed by atoms with Crippen molar-refractivity contribution in [3.63, 3.8) is 0 Å². The Hall–Kier alpha value is -7.94. The Morgan fingerprint density at radius 3 is 1.60 bits per heavy atom. The zero-order valence-corrected chi connectivity index (χ0v) is 35.2. The fourth-order valence-electron chi connectivity index (χ4n) is 9.98. The van der Waals surface area contributed by atoms with E-state index < -0.39 is 0 Å². The van der Waals surface area contributed by atoms with Crippen molar-refractivity contribution in [1.29, 1.82) is 0 Å². The number of furan rings is 1. The number of fused-ring (bicyclic) bond motifs is 7. The highest BCUT2D eigenvalue weighted by molar-refractivity contribution is 6.06. The topological polar surface area (TPSA) is 16.4 Å². The van der Waals surface area contributed by atoms with Crippen LogP contribution >= 0.6 is 0 Å². The van der Waals surface area contributed by atoms with Crippen molar-refractivity contribution < 1.29 is 4.42 Å². The van der Waals surface area contributed by atoms with Crippen molar-refractivity contribution in [1.82, 2.24) is 0 Å². The van der Waals surface area contributed by atoms with Gasteiger partial charge in [-0.25, -0.2) is 0 Å². The molecule has 0 atom stereocenters. The third kappa shape index (κ3) is 6.25. The lowest BCUT2D eigenvalue weighted by molar-refractivity contribution is 0.660. The van der Waals surface area contributed by atoms with E-state index in [1.165, 1.54) is 66.4 Å². The first-order chi connectivity index (χ1) is 31.0. The van der Waals surface area contributed by atoms with Crippen LogP contribution in [0.4, 0.5) is 17.1 Å². The predicted molar refractivity (Wildman–Crippen MR) is 265 cm³/mol. The summed E-state index contributed by atoms with van der Waals surface area (Å²) in [7, 11) is 0. The Balaban J connectivity index is 0.933. The number of rotatable bonds is 7. The molecule has 0 radical (unpaired) electrons. The van der Waals surface area contributed by atoms with E-state index in [-0.39, 0.29) is 5.41 Å². The Labute approximate surface area is 368 Å². The SMILES string of the molecule is CC1(C)c2cc(-c3ccccc3)ccc2-c2ccc(N(c3ccc(-c4cccc(-c5cccc6ccccc56)c4)cc3)c3ccc(-c4ccc5c(c4)oc4ccccc45)cc3)cc21. The first kappa shape index (κ1) is 36.9. The van der Waals surface area contributed by atoms with Crippen molar-refractivity contribution in [2.45, 2.75) is 19.3 Å². The molecule has 0 bridgehead atoms. The number of para-hydroxylation sites is 1. The van der Waals surface area contributed by atoms with Crippen molar-refractivity contribution in [2.75, 3.05) is 4.90 Å². The van der Waals surface area contributed by atoms with Crippen molar-refractivity contribution in [3.05, 3.63) is 236 Å². The maximum atomic E-state index is 6.28. The lowest BCUT2D eigenvalue weighted by atomic mass is 9.81. The molecule has 0 amide bonds. The number of benzene rings is 10. The highest BCUT2D eigenvalue weighted by atomic mass is 16.3. The van der Waals surface area contributed by atoms with Crippen LogP contribution in [0.3, 0.4) is 0 Å². The molecule has 63 heavy (non-hydrogen) atoms. The summed E-state index contributed by atoms with van der Waals surface area (Å²) >= 11 is 0. The van der Waals surface area contributed by atoms with Gasteiger partial charge in [-0.2, -0.15) is 0 Å². The van der Waals surface area contributed by atoms with Gasteiger partial charge >= 0.3 is 0 Å². The van der Waals surface area contributed by atoms with Crippen LogP contribution in [0.2, 0.25) is 0 Å². The zero-order valence-electron chi connectivity index (χ0n) is 35.2. The Morgan fingerprint density at radius 2 is 0.825 bits per heavy atom. The summed E-state index contributed by atoms with van der Waals surface area (Å²) in [6.45, 7) is 4.74. The Bertz CT molecular complexity index is 3520. The molecule has 1 heterocycles. The third-order valence-corrected chi connectivity index (χ3v) is 13.3. The second kappa shape index (κ2) is 14.6. The fourth-order valence-corrected chi connectivity index (χ4v) is 9.98. The monoisotopic (exact) mass is 805 g/mol. The molecule has 11 aromatic rings. The minimum atomic E-state index is -0.185. The molecule has 0 saturated heterocycles. The molecule has 2 nitrogen and oxygen atoms in total. The van der Waals surface area contributed by atoms with E-state index in [0.29, 0.717) is 0 Å². The first-order valence-corrected chi connectivity index (χ1v) is 21.8. The second-order valence-corrected chi connectivity index (χ2v) is 17.3. The van der Waals surface area contributed by atoms with Gasteiger partial charge in [0.1, 0.15) is 11.2 Å². The van der Waals surface area contributed by atoms with Gasteiger partial charge in [0.25, 0.3) is 0 Å². The zero-order chi connectivity index (χ0) is 42.1. The molecule has 2 heteroatoms. The van der Waals surface area contributed by atoms with Gasteiger partial charge in [0.15, 0.2) is 0 Å². The highest BCUT2D eigenvalue weighted by Gasteiger charge is 2.36. The molecule has 1 aliphatic carbocycles. The molecular weight excluding hydrogens is 763 g/mol. The quantitative estimate of drug-likeness (QED) is 0.160. The van der Waals surface area contributed by atoms with Gasteiger partial charge in [-0.1, -0.05) is 172 Å². The van der Waals surface area contributed by atoms with Gasteiger partial charge in [0, 0.05) is 33.2 Å².